The monoisotopic (exact) mass is 456 g/mol. The number of hydrogen-bond donors (Lipinski definition) is 3. The van der Waals surface area contributed by atoms with E-state index in [9.17, 15) is 4.79 Å². The van der Waals surface area contributed by atoms with Crippen molar-refractivity contribution in [2.45, 2.75) is 53.4 Å². The van der Waals surface area contributed by atoms with Crippen LogP contribution in [0.3, 0.4) is 0 Å². The second-order valence-corrected chi connectivity index (χ2v) is 8.34. The van der Waals surface area contributed by atoms with E-state index < -0.39 is 0 Å². The summed E-state index contributed by atoms with van der Waals surface area (Å²) in [6.07, 6.45) is 3.57. The van der Waals surface area contributed by atoms with Gasteiger partial charge in [0.25, 0.3) is 0 Å². The third kappa shape index (κ3) is 4.36. The van der Waals surface area contributed by atoms with E-state index in [1.165, 1.54) is 22.3 Å². The van der Waals surface area contributed by atoms with Crippen molar-refractivity contribution in [1.29, 1.82) is 0 Å². The molecule has 0 saturated heterocycles. The predicted octanol–water partition coefficient (Wildman–Crippen LogP) is 6.97. The largest absolute Gasteiger partial charge is 0.380 e. The summed E-state index contributed by atoms with van der Waals surface area (Å²) in [5, 5.41) is 10.8. The van der Waals surface area contributed by atoms with Crippen molar-refractivity contribution in [1.82, 2.24) is 5.16 Å². The van der Waals surface area contributed by atoms with Crippen molar-refractivity contribution in [3.8, 4) is 11.1 Å². The van der Waals surface area contributed by atoms with E-state index in [-0.39, 0.29) is 6.03 Å². The highest BCUT2D eigenvalue weighted by Crippen LogP contribution is 2.38. The molecule has 4 rings (SSSR count). The lowest BCUT2D eigenvalue weighted by Crippen LogP contribution is -2.20. The van der Waals surface area contributed by atoms with Gasteiger partial charge in [-0.05, 0) is 77.8 Å². The average Bonchev–Trinajstić information content (AvgIpc) is 3.23. The number of nitrogens with two attached hydrogens (primary N) is 1. The van der Waals surface area contributed by atoms with Gasteiger partial charge in [-0.2, -0.15) is 0 Å². The van der Waals surface area contributed by atoms with E-state index in [0.29, 0.717) is 17.1 Å². The number of carbonyl (C=O) groups is 1. The van der Waals surface area contributed by atoms with Gasteiger partial charge in [-0.25, -0.2) is 4.79 Å². The molecular formula is C28H32N4O2. The Kier molecular flexibility index (Phi) is 6.87. The molecular weight excluding hydrogens is 424 g/mol. The molecule has 3 aromatic carbocycles. The number of benzene rings is 3. The molecule has 0 atom stereocenters. The number of fused-ring (bicyclic) bond motifs is 1. The lowest BCUT2D eigenvalue weighted by atomic mass is 9.89. The third-order valence-corrected chi connectivity index (χ3v) is 6.41. The number of nitrogens with one attached hydrogen (secondary N) is 2. The second-order valence-electron chi connectivity index (χ2n) is 8.34. The number of aromatic nitrogens is 1. The molecule has 0 unspecified atom stereocenters. The molecule has 0 aliphatic heterocycles. The highest BCUT2D eigenvalue weighted by atomic mass is 16.5. The van der Waals surface area contributed by atoms with Gasteiger partial charge in [0, 0.05) is 16.9 Å². The van der Waals surface area contributed by atoms with Gasteiger partial charge < -0.3 is 20.9 Å². The Bertz CT molecular complexity index is 1320. The van der Waals surface area contributed by atoms with Gasteiger partial charge in [0.1, 0.15) is 0 Å². The summed E-state index contributed by atoms with van der Waals surface area (Å²) in [7, 11) is 0. The number of carbonyl (C=O) groups excluding carboxylic acids is 1. The molecule has 0 saturated carbocycles. The third-order valence-electron chi connectivity index (χ3n) is 6.41. The number of nitrogen functional groups attached to an aromatic ring is 1. The van der Waals surface area contributed by atoms with E-state index in [4.69, 9.17) is 10.3 Å². The highest BCUT2D eigenvalue weighted by Gasteiger charge is 2.19. The first-order chi connectivity index (χ1) is 16.5. The van der Waals surface area contributed by atoms with Crippen LogP contribution in [0.4, 0.5) is 22.0 Å². The Balaban J connectivity index is 1.61. The van der Waals surface area contributed by atoms with Gasteiger partial charge in [0.15, 0.2) is 11.4 Å². The number of rotatable bonds is 7. The fraction of sp³-hybridized carbons (Fsp3) is 0.286. The summed E-state index contributed by atoms with van der Waals surface area (Å²) in [6, 6.07) is 15.6. The van der Waals surface area contributed by atoms with Gasteiger partial charge in [-0.1, -0.05) is 57.1 Å². The average molecular weight is 457 g/mol. The highest BCUT2D eigenvalue weighted by molar-refractivity contribution is 6.03. The van der Waals surface area contributed by atoms with E-state index in [1.54, 1.807) is 0 Å². The SMILES string of the molecule is CCc1cccc(NC(=O)Nc2ccc(-c3c(CC)c(CC)cc4onc(N)c34)cc2)c1CC. The summed E-state index contributed by atoms with van der Waals surface area (Å²) in [4.78, 5) is 12.7. The molecule has 0 radical (unpaired) electrons. The lowest BCUT2D eigenvalue weighted by molar-refractivity contribution is 0.262. The molecule has 0 spiro atoms. The number of nitrogens with zero attached hydrogens (tertiary/aromatic N) is 1. The minimum absolute atomic E-state index is 0.261. The quantitative estimate of drug-likeness (QED) is 0.280. The van der Waals surface area contributed by atoms with Crippen molar-refractivity contribution >= 4 is 34.2 Å². The molecule has 4 N–H and O–H groups in total. The number of aryl methyl sites for hydroxylation is 2. The Morgan fingerprint density at radius 3 is 2.24 bits per heavy atom. The zero-order valence-corrected chi connectivity index (χ0v) is 20.3. The zero-order valence-electron chi connectivity index (χ0n) is 20.3. The Hall–Kier alpha value is -3.80. The fourth-order valence-electron chi connectivity index (χ4n) is 4.77. The molecule has 2 amide bonds. The molecule has 1 heterocycles. The topological polar surface area (TPSA) is 93.2 Å². The van der Waals surface area contributed by atoms with Crippen molar-refractivity contribution in [3.63, 3.8) is 0 Å². The van der Waals surface area contributed by atoms with Crippen LogP contribution in [0.1, 0.15) is 49.9 Å². The maximum atomic E-state index is 12.7. The van der Waals surface area contributed by atoms with Crippen molar-refractivity contribution < 1.29 is 9.32 Å². The standard InChI is InChI=1S/C28H32N4O2/c1-5-17-10-9-11-23(21(17)7-3)31-28(33)30-20-14-12-19(13-15-20)25-22(8-4)18(6-2)16-24-26(25)27(29)32-34-24/h9-16H,5-8H2,1-4H3,(H2,29,32)(H2,30,31,33). The Morgan fingerprint density at radius 1 is 0.882 bits per heavy atom. The van der Waals surface area contributed by atoms with Crippen LogP contribution in [0, 0.1) is 0 Å². The normalized spacial score (nSPS) is 11.1. The molecule has 0 bridgehead atoms. The van der Waals surface area contributed by atoms with Crippen molar-refractivity contribution in [3.05, 3.63) is 70.8 Å². The van der Waals surface area contributed by atoms with Crippen molar-refractivity contribution in [2.24, 2.45) is 0 Å². The summed E-state index contributed by atoms with van der Waals surface area (Å²) in [5.41, 5.74) is 15.4. The maximum Gasteiger partial charge on any atom is 0.323 e. The molecule has 6 nitrogen and oxygen atoms in total. The number of anilines is 3. The predicted molar refractivity (Wildman–Crippen MR) is 140 cm³/mol. The maximum absolute atomic E-state index is 12.7. The van der Waals surface area contributed by atoms with Crippen LogP contribution in [0.15, 0.2) is 53.1 Å². The second kappa shape index (κ2) is 10.00. The summed E-state index contributed by atoms with van der Waals surface area (Å²) in [5.74, 6) is 0.393. The van der Waals surface area contributed by atoms with Gasteiger partial charge in [-0.3, -0.25) is 0 Å². The van der Waals surface area contributed by atoms with Crippen LogP contribution in [0.25, 0.3) is 22.1 Å². The lowest BCUT2D eigenvalue weighted by Gasteiger charge is -2.16. The smallest absolute Gasteiger partial charge is 0.323 e. The molecule has 6 heteroatoms. The van der Waals surface area contributed by atoms with E-state index in [0.717, 1.165) is 47.9 Å². The van der Waals surface area contributed by atoms with Crippen LogP contribution in [0.5, 0.6) is 0 Å². The van der Waals surface area contributed by atoms with Gasteiger partial charge in [0.2, 0.25) is 0 Å². The van der Waals surface area contributed by atoms with Gasteiger partial charge in [0.05, 0.1) is 5.39 Å². The minimum atomic E-state index is -0.261. The van der Waals surface area contributed by atoms with Crippen LogP contribution in [0.2, 0.25) is 0 Å². The molecule has 4 aromatic rings. The summed E-state index contributed by atoms with van der Waals surface area (Å²) < 4.78 is 5.48. The van der Waals surface area contributed by atoms with Crippen LogP contribution >= 0.6 is 0 Å². The first-order valence-electron chi connectivity index (χ1n) is 12.0. The fourth-order valence-corrected chi connectivity index (χ4v) is 4.77. The first kappa shape index (κ1) is 23.4. The molecule has 0 fully saturated rings. The molecule has 0 aliphatic carbocycles. The van der Waals surface area contributed by atoms with E-state index >= 15 is 0 Å². The summed E-state index contributed by atoms with van der Waals surface area (Å²) in [6.45, 7) is 8.51. The van der Waals surface area contributed by atoms with Gasteiger partial charge in [-0.15, -0.1) is 0 Å². The van der Waals surface area contributed by atoms with Crippen molar-refractivity contribution in [2.75, 3.05) is 16.4 Å². The minimum Gasteiger partial charge on any atom is -0.380 e. The molecule has 1 aromatic heterocycles. The Labute approximate surface area is 200 Å². The molecule has 176 valence electrons. The molecule has 0 aliphatic rings. The van der Waals surface area contributed by atoms with Gasteiger partial charge >= 0.3 is 6.03 Å². The van der Waals surface area contributed by atoms with E-state index in [1.807, 2.05) is 42.5 Å². The van der Waals surface area contributed by atoms with E-state index in [2.05, 4.69) is 49.6 Å². The zero-order chi connectivity index (χ0) is 24.2. The molecule has 34 heavy (non-hydrogen) atoms. The Morgan fingerprint density at radius 2 is 1.59 bits per heavy atom. The summed E-state index contributed by atoms with van der Waals surface area (Å²) >= 11 is 0. The number of urea groups is 1. The van der Waals surface area contributed by atoms with Crippen LogP contribution in [-0.2, 0) is 25.7 Å². The number of hydrogen-bond acceptors (Lipinski definition) is 4. The first-order valence-corrected chi connectivity index (χ1v) is 12.0. The van der Waals surface area contributed by atoms with Crippen LogP contribution < -0.4 is 16.4 Å². The number of amides is 2. The van der Waals surface area contributed by atoms with Crippen LogP contribution in [-0.4, -0.2) is 11.2 Å².